The van der Waals surface area contributed by atoms with Gasteiger partial charge in [-0.15, -0.1) is 0 Å². The van der Waals surface area contributed by atoms with Gasteiger partial charge in [-0.1, -0.05) is 32.0 Å². The summed E-state index contributed by atoms with van der Waals surface area (Å²) in [5, 5.41) is 9.81. The first kappa shape index (κ1) is 15.0. The van der Waals surface area contributed by atoms with Crippen LogP contribution in [0.25, 0.3) is 16.8 Å². The lowest BCUT2D eigenvalue weighted by atomic mass is 10.1. The number of hydrogen-bond acceptors (Lipinski definition) is 3. The zero-order valence-corrected chi connectivity index (χ0v) is 13.1. The van der Waals surface area contributed by atoms with E-state index in [0.717, 1.165) is 22.5 Å². The van der Waals surface area contributed by atoms with Crippen molar-refractivity contribution in [2.45, 2.75) is 19.8 Å². The number of pyridine rings is 2. The molecule has 1 aromatic carbocycles. The number of rotatable bonds is 3. The monoisotopic (exact) mass is 306 g/mol. The molecule has 2 heterocycles. The Morgan fingerprint density at radius 2 is 1.87 bits per heavy atom. The number of nitrogens with zero attached hydrogens (tertiary/aromatic N) is 2. The van der Waals surface area contributed by atoms with E-state index in [1.54, 1.807) is 6.20 Å². The van der Waals surface area contributed by atoms with Gasteiger partial charge in [0.25, 0.3) is 0 Å². The summed E-state index contributed by atoms with van der Waals surface area (Å²) in [5.74, 6) is -0.0912. The molecule has 4 heteroatoms. The molecule has 116 valence electrons. The second-order valence-electron chi connectivity index (χ2n) is 5.76. The van der Waals surface area contributed by atoms with Crippen LogP contribution in [0.5, 0.6) is 5.75 Å². The molecule has 4 nitrogen and oxygen atoms in total. The van der Waals surface area contributed by atoms with Crippen LogP contribution in [0.1, 0.15) is 25.5 Å². The van der Waals surface area contributed by atoms with E-state index in [4.69, 9.17) is 0 Å². The Morgan fingerprint density at radius 1 is 1.09 bits per heavy atom. The number of hydrogen-bond donors (Lipinski definition) is 1. The van der Waals surface area contributed by atoms with Gasteiger partial charge in [0.05, 0.1) is 6.20 Å². The quantitative estimate of drug-likeness (QED) is 0.802. The summed E-state index contributed by atoms with van der Waals surface area (Å²) in [6, 6.07) is 13.3. The Balaban J connectivity index is 2.17. The molecular weight excluding hydrogens is 288 g/mol. The largest absolute Gasteiger partial charge is 0.503 e. The Morgan fingerprint density at radius 3 is 2.57 bits per heavy atom. The van der Waals surface area contributed by atoms with E-state index in [0.29, 0.717) is 0 Å². The van der Waals surface area contributed by atoms with E-state index in [1.807, 2.05) is 61.0 Å². The molecule has 3 aromatic rings. The topological polar surface area (TPSA) is 55.1 Å². The van der Waals surface area contributed by atoms with Crippen molar-refractivity contribution in [3.63, 3.8) is 0 Å². The zero-order valence-electron chi connectivity index (χ0n) is 13.1. The van der Waals surface area contributed by atoms with Crippen LogP contribution in [0.15, 0.2) is 65.8 Å². The van der Waals surface area contributed by atoms with E-state index >= 15 is 0 Å². The van der Waals surface area contributed by atoms with Crippen molar-refractivity contribution in [3.8, 4) is 22.6 Å². The van der Waals surface area contributed by atoms with Crippen molar-refractivity contribution >= 4 is 0 Å². The smallest absolute Gasteiger partial charge is 0.223 e. The number of aromatic hydroxyl groups is 1. The van der Waals surface area contributed by atoms with Gasteiger partial charge < -0.3 is 9.67 Å². The lowest BCUT2D eigenvalue weighted by Gasteiger charge is -2.17. The summed E-state index contributed by atoms with van der Waals surface area (Å²) in [6.07, 6.45) is 5.04. The molecule has 2 aromatic heterocycles. The van der Waals surface area contributed by atoms with E-state index < -0.39 is 0 Å². The minimum Gasteiger partial charge on any atom is -0.503 e. The molecule has 0 atom stereocenters. The fourth-order valence-corrected chi connectivity index (χ4v) is 2.58. The van der Waals surface area contributed by atoms with Gasteiger partial charge in [-0.25, -0.2) is 0 Å². The fraction of sp³-hybridized carbons (Fsp3) is 0.158. The van der Waals surface area contributed by atoms with Gasteiger partial charge in [0.2, 0.25) is 5.43 Å². The van der Waals surface area contributed by atoms with Crippen LogP contribution in [-0.4, -0.2) is 14.7 Å². The molecule has 3 rings (SSSR count). The van der Waals surface area contributed by atoms with Crippen molar-refractivity contribution in [2.75, 3.05) is 0 Å². The van der Waals surface area contributed by atoms with Crippen molar-refractivity contribution in [1.29, 1.82) is 0 Å². The summed E-state index contributed by atoms with van der Waals surface area (Å²) in [4.78, 5) is 15.9. The molecule has 0 aliphatic carbocycles. The molecule has 0 radical (unpaired) electrons. The van der Waals surface area contributed by atoms with Gasteiger partial charge in [0.15, 0.2) is 5.75 Å². The summed E-state index contributed by atoms with van der Waals surface area (Å²) in [6.45, 7) is 4.04. The zero-order chi connectivity index (χ0) is 16.4. The normalized spacial score (nSPS) is 10.9. The van der Waals surface area contributed by atoms with Crippen LogP contribution >= 0.6 is 0 Å². The van der Waals surface area contributed by atoms with E-state index in [2.05, 4.69) is 4.98 Å². The Kier molecular flexibility index (Phi) is 3.98. The molecule has 23 heavy (non-hydrogen) atoms. The standard InChI is InChI=1S/C19H18N2O2/c1-13(2)17-10-18(22)19(23)12-21(17)16-7-3-5-14(9-16)15-6-4-8-20-11-15/h3-13,23H,1-2H3. The van der Waals surface area contributed by atoms with E-state index in [1.165, 1.54) is 12.3 Å². The summed E-state index contributed by atoms with van der Waals surface area (Å²) in [5.41, 5.74) is 3.45. The highest BCUT2D eigenvalue weighted by atomic mass is 16.3. The molecule has 0 unspecified atom stereocenters. The third-order valence-corrected chi connectivity index (χ3v) is 3.77. The number of aromatic nitrogens is 2. The third kappa shape index (κ3) is 3.01. The minimum atomic E-state index is -0.353. The van der Waals surface area contributed by atoms with Gasteiger partial charge in [0.1, 0.15) is 0 Å². The Bertz CT molecular complexity index is 883. The van der Waals surface area contributed by atoms with Crippen LogP contribution in [-0.2, 0) is 0 Å². The average Bonchev–Trinajstić information content (AvgIpc) is 2.57. The van der Waals surface area contributed by atoms with Gasteiger partial charge in [0, 0.05) is 35.4 Å². The second kappa shape index (κ2) is 6.08. The molecule has 0 aliphatic heterocycles. The first-order valence-electron chi connectivity index (χ1n) is 7.52. The fourth-order valence-electron chi connectivity index (χ4n) is 2.58. The van der Waals surface area contributed by atoms with Crippen LogP contribution in [0.2, 0.25) is 0 Å². The van der Waals surface area contributed by atoms with Crippen LogP contribution in [0.3, 0.4) is 0 Å². The molecular formula is C19H18N2O2. The Hall–Kier alpha value is -2.88. The third-order valence-electron chi connectivity index (χ3n) is 3.77. The molecule has 0 amide bonds. The SMILES string of the molecule is CC(C)c1cc(=O)c(O)cn1-c1cccc(-c2cccnc2)c1. The first-order valence-corrected chi connectivity index (χ1v) is 7.52. The average molecular weight is 306 g/mol. The molecule has 1 N–H and O–H groups in total. The molecule has 0 saturated heterocycles. The van der Waals surface area contributed by atoms with Crippen LogP contribution in [0.4, 0.5) is 0 Å². The highest BCUT2D eigenvalue weighted by Gasteiger charge is 2.11. The second-order valence-corrected chi connectivity index (χ2v) is 5.76. The number of benzene rings is 1. The predicted molar refractivity (Wildman–Crippen MR) is 91.0 cm³/mol. The maximum absolute atomic E-state index is 11.7. The Labute approximate surface area is 134 Å². The maximum atomic E-state index is 11.7. The highest BCUT2D eigenvalue weighted by molar-refractivity contribution is 5.65. The van der Waals surface area contributed by atoms with Crippen LogP contribution in [0, 0.1) is 0 Å². The van der Waals surface area contributed by atoms with Gasteiger partial charge in [-0.3, -0.25) is 9.78 Å². The lowest BCUT2D eigenvalue weighted by molar-refractivity contribution is 0.463. The predicted octanol–water partition coefficient (Wildman–Crippen LogP) is 3.73. The maximum Gasteiger partial charge on any atom is 0.223 e. The van der Waals surface area contributed by atoms with Gasteiger partial charge in [-0.05, 0) is 29.7 Å². The van der Waals surface area contributed by atoms with Crippen molar-refractivity contribution in [3.05, 3.63) is 77.0 Å². The van der Waals surface area contributed by atoms with Crippen molar-refractivity contribution in [2.24, 2.45) is 0 Å². The first-order chi connectivity index (χ1) is 11.1. The molecule has 0 saturated carbocycles. The molecule has 0 bridgehead atoms. The molecule has 0 aliphatic rings. The van der Waals surface area contributed by atoms with Crippen molar-refractivity contribution in [1.82, 2.24) is 9.55 Å². The van der Waals surface area contributed by atoms with Crippen molar-refractivity contribution < 1.29 is 5.11 Å². The molecule has 0 fully saturated rings. The highest BCUT2D eigenvalue weighted by Crippen LogP contribution is 2.24. The minimum absolute atomic E-state index is 0.158. The summed E-state index contributed by atoms with van der Waals surface area (Å²) < 4.78 is 1.86. The lowest BCUT2D eigenvalue weighted by Crippen LogP contribution is -2.12. The summed E-state index contributed by atoms with van der Waals surface area (Å²) in [7, 11) is 0. The summed E-state index contributed by atoms with van der Waals surface area (Å²) >= 11 is 0. The molecule has 0 spiro atoms. The van der Waals surface area contributed by atoms with Gasteiger partial charge in [-0.2, -0.15) is 0 Å². The van der Waals surface area contributed by atoms with Crippen LogP contribution < -0.4 is 5.43 Å². The van der Waals surface area contributed by atoms with E-state index in [9.17, 15) is 9.90 Å². The van der Waals surface area contributed by atoms with Gasteiger partial charge >= 0.3 is 0 Å². The van der Waals surface area contributed by atoms with E-state index in [-0.39, 0.29) is 17.1 Å².